The van der Waals surface area contributed by atoms with Crippen LogP contribution in [-0.2, 0) is 5.41 Å². The van der Waals surface area contributed by atoms with E-state index in [4.69, 9.17) is 11.1 Å². The second kappa shape index (κ2) is 2.66. The van der Waals surface area contributed by atoms with Crippen molar-refractivity contribution < 1.29 is 0 Å². The molecule has 0 radical (unpaired) electrons. The van der Waals surface area contributed by atoms with Crippen molar-refractivity contribution in [2.75, 3.05) is 0 Å². The minimum absolute atomic E-state index is 0.222. The fourth-order valence-corrected chi connectivity index (χ4v) is 1.63. The molecule has 60 valence electrons. The SMILES string of the molecule is CC(C)(C(=N)N)c1cccs1. The van der Waals surface area contributed by atoms with E-state index in [9.17, 15) is 0 Å². The summed E-state index contributed by atoms with van der Waals surface area (Å²) >= 11 is 1.64. The summed E-state index contributed by atoms with van der Waals surface area (Å²) in [4.78, 5) is 1.14. The third-order valence-electron chi connectivity index (χ3n) is 1.81. The summed E-state index contributed by atoms with van der Waals surface area (Å²) in [6, 6.07) is 3.98. The van der Waals surface area contributed by atoms with Gasteiger partial charge in [0.2, 0.25) is 0 Å². The summed E-state index contributed by atoms with van der Waals surface area (Å²) in [6.45, 7) is 3.92. The Kier molecular flexibility index (Phi) is 2.00. The van der Waals surface area contributed by atoms with Gasteiger partial charge in [0.05, 0.1) is 5.41 Å². The van der Waals surface area contributed by atoms with Crippen LogP contribution in [0.1, 0.15) is 18.7 Å². The molecule has 1 aromatic rings. The predicted octanol–water partition coefficient (Wildman–Crippen LogP) is 1.96. The topological polar surface area (TPSA) is 49.9 Å². The van der Waals surface area contributed by atoms with Crippen LogP contribution < -0.4 is 5.73 Å². The van der Waals surface area contributed by atoms with Crippen LogP contribution in [-0.4, -0.2) is 5.84 Å². The molecule has 3 N–H and O–H groups in total. The van der Waals surface area contributed by atoms with Crippen LogP contribution in [0.15, 0.2) is 17.5 Å². The Morgan fingerprint density at radius 2 is 2.27 bits per heavy atom. The minimum Gasteiger partial charge on any atom is -0.387 e. The highest BCUT2D eigenvalue weighted by atomic mass is 32.1. The van der Waals surface area contributed by atoms with Gasteiger partial charge in [-0.1, -0.05) is 6.07 Å². The van der Waals surface area contributed by atoms with Crippen LogP contribution in [0, 0.1) is 5.41 Å². The van der Waals surface area contributed by atoms with Crippen molar-refractivity contribution in [3.63, 3.8) is 0 Å². The summed E-state index contributed by atoms with van der Waals surface area (Å²) in [6.07, 6.45) is 0. The van der Waals surface area contributed by atoms with Crippen LogP contribution in [0.4, 0.5) is 0 Å². The van der Waals surface area contributed by atoms with Crippen LogP contribution in [0.25, 0.3) is 0 Å². The largest absolute Gasteiger partial charge is 0.387 e. The van der Waals surface area contributed by atoms with Gasteiger partial charge in [0.25, 0.3) is 0 Å². The first-order valence-corrected chi connectivity index (χ1v) is 4.31. The molecule has 3 heteroatoms. The Morgan fingerprint density at radius 1 is 1.64 bits per heavy atom. The van der Waals surface area contributed by atoms with Gasteiger partial charge in [-0.15, -0.1) is 11.3 Å². The lowest BCUT2D eigenvalue weighted by molar-refractivity contribution is 0.721. The molecule has 0 spiro atoms. The predicted molar refractivity (Wildman–Crippen MR) is 49.3 cm³/mol. The van der Waals surface area contributed by atoms with Gasteiger partial charge < -0.3 is 5.73 Å². The molecule has 0 amide bonds. The number of hydrogen-bond acceptors (Lipinski definition) is 2. The molecular weight excluding hydrogens is 156 g/mol. The van der Waals surface area contributed by atoms with Gasteiger partial charge in [-0.05, 0) is 25.3 Å². The second-order valence-corrected chi connectivity index (χ2v) is 3.96. The van der Waals surface area contributed by atoms with E-state index in [-0.39, 0.29) is 11.3 Å². The highest BCUT2D eigenvalue weighted by Crippen LogP contribution is 2.26. The molecule has 0 atom stereocenters. The number of nitrogens with two attached hydrogens (primary N) is 1. The van der Waals surface area contributed by atoms with Gasteiger partial charge in [0.15, 0.2) is 0 Å². The van der Waals surface area contributed by atoms with E-state index in [1.165, 1.54) is 0 Å². The summed E-state index contributed by atoms with van der Waals surface area (Å²) in [5.74, 6) is 0.222. The summed E-state index contributed by atoms with van der Waals surface area (Å²) < 4.78 is 0. The normalized spacial score (nSPS) is 11.5. The molecule has 0 aliphatic heterocycles. The van der Waals surface area contributed by atoms with E-state index in [0.717, 1.165) is 4.88 Å². The van der Waals surface area contributed by atoms with Crippen molar-refractivity contribution in [2.24, 2.45) is 5.73 Å². The van der Waals surface area contributed by atoms with Crippen molar-refractivity contribution in [1.29, 1.82) is 5.41 Å². The Morgan fingerprint density at radius 3 is 2.64 bits per heavy atom. The number of amidine groups is 1. The number of rotatable bonds is 2. The molecule has 1 heterocycles. The first-order valence-electron chi connectivity index (χ1n) is 3.43. The van der Waals surface area contributed by atoms with Gasteiger partial charge in [-0.3, -0.25) is 5.41 Å². The molecule has 0 bridgehead atoms. The fourth-order valence-electron chi connectivity index (χ4n) is 0.767. The summed E-state index contributed by atoms with van der Waals surface area (Å²) in [7, 11) is 0. The minimum atomic E-state index is -0.297. The van der Waals surface area contributed by atoms with Crippen molar-refractivity contribution in [1.82, 2.24) is 0 Å². The molecule has 11 heavy (non-hydrogen) atoms. The zero-order chi connectivity index (χ0) is 8.48. The van der Waals surface area contributed by atoms with Crippen molar-refractivity contribution in [3.05, 3.63) is 22.4 Å². The van der Waals surface area contributed by atoms with Gasteiger partial charge in [-0.2, -0.15) is 0 Å². The van der Waals surface area contributed by atoms with Gasteiger partial charge in [0.1, 0.15) is 5.84 Å². The van der Waals surface area contributed by atoms with E-state index >= 15 is 0 Å². The molecule has 0 saturated carbocycles. The highest BCUT2D eigenvalue weighted by molar-refractivity contribution is 7.10. The molecule has 1 rings (SSSR count). The molecule has 0 aromatic carbocycles. The Bertz CT molecular complexity index is 249. The Labute approximate surface area is 70.6 Å². The lowest BCUT2D eigenvalue weighted by atomic mass is 9.90. The van der Waals surface area contributed by atoms with Crippen LogP contribution in [0.2, 0.25) is 0 Å². The molecule has 2 nitrogen and oxygen atoms in total. The maximum Gasteiger partial charge on any atom is 0.102 e. The van der Waals surface area contributed by atoms with Gasteiger partial charge in [0, 0.05) is 4.88 Å². The van der Waals surface area contributed by atoms with E-state index in [1.807, 2.05) is 31.4 Å². The van der Waals surface area contributed by atoms with Crippen molar-refractivity contribution in [3.8, 4) is 0 Å². The number of hydrogen-bond donors (Lipinski definition) is 2. The first kappa shape index (κ1) is 8.27. The maximum atomic E-state index is 7.36. The van der Waals surface area contributed by atoms with E-state index < -0.39 is 0 Å². The van der Waals surface area contributed by atoms with Crippen LogP contribution in [0.3, 0.4) is 0 Å². The molecule has 0 aliphatic carbocycles. The van der Waals surface area contributed by atoms with Crippen LogP contribution in [0.5, 0.6) is 0 Å². The van der Waals surface area contributed by atoms with Crippen molar-refractivity contribution >= 4 is 17.2 Å². The monoisotopic (exact) mass is 168 g/mol. The van der Waals surface area contributed by atoms with Gasteiger partial charge >= 0.3 is 0 Å². The third-order valence-corrected chi connectivity index (χ3v) is 3.00. The lowest BCUT2D eigenvalue weighted by Crippen LogP contribution is -2.33. The molecule has 0 unspecified atom stereocenters. The smallest absolute Gasteiger partial charge is 0.102 e. The molecule has 0 saturated heterocycles. The molecule has 1 aromatic heterocycles. The van der Waals surface area contributed by atoms with E-state index in [2.05, 4.69) is 0 Å². The zero-order valence-corrected chi connectivity index (χ0v) is 7.53. The number of nitrogens with one attached hydrogen (secondary N) is 1. The average molecular weight is 168 g/mol. The second-order valence-electron chi connectivity index (χ2n) is 3.02. The quantitative estimate of drug-likeness (QED) is 0.514. The molecular formula is C8H12N2S. The first-order chi connectivity index (χ1) is 5.05. The Balaban J connectivity index is 3.00. The molecule has 0 fully saturated rings. The third kappa shape index (κ3) is 1.43. The van der Waals surface area contributed by atoms with E-state index in [1.54, 1.807) is 11.3 Å². The fraction of sp³-hybridized carbons (Fsp3) is 0.375. The summed E-state index contributed by atoms with van der Waals surface area (Å²) in [5.41, 5.74) is 5.15. The van der Waals surface area contributed by atoms with Crippen molar-refractivity contribution in [2.45, 2.75) is 19.3 Å². The lowest BCUT2D eigenvalue weighted by Gasteiger charge is -2.20. The standard InChI is InChI=1S/C8H12N2S/c1-8(2,7(9)10)6-4-3-5-11-6/h3-5H,1-2H3,(H3,9,10). The highest BCUT2D eigenvalue weighted by Gasteiger charge is 2.24. The van der Waals surface area contributed by atoms with E-state index in [0.29, 0.717) is 0 Å². The number of thiophene rings is 1. The van der Waals surface area contributed by atoms with Crippen LogP contribution >= 0.6 is 11.3 Å². The zero-order valence-electron chi connectivity index (χ0n) is 6.72. The molecule has 0 aliphatic rings. The Hall–Kier alpha value is -0.830. The maximum absolute atomic E-state index is 7.36. The van der Waals surface area contributed by atoms with Gasteiger partial charge in [-0.25, -0.2) is 0 Å². The average Bonchev–Trinajstić information content (AvgIpc) is 2.37. The summed E-state index contributed by atoms with van der Waals surface area (Å²) in [5, 5.41) is 9.36.